The zero-order chi connectivity index (χ0) is 24.5. The molecular weight excluding hydrogens is 452 g/mol. The quantitative estimate of drug-likeness (QED) is 0.592. The van der Waals surface area contributed by atoms with E-state index in [-0.39, 0.29) is 24.2 Å². The molecule has 0 spiro atoms. The van der Waals surface area contributed by atoms with Crippen molar-refractivity contribution < 1.29 is 15.0 Å². The molecule has 3 atom stereocenters. The SMILES string of the molecule is O=C(Cn1ncc2ccccc21)N1CCC23CCN(CC4CC4)C(Cc4ccc(O)cc42)C3(O)CC1. The monoisotopic (exact) mass is 486 g/mol. The minimum atomic E-state index is -0.922. The van der Waals surface area contributed by atoms with Crippen LogP contribution in [-0.4, -0.2) is 73.5 Å². The van der Waals surface area contributed by atoms with Crippen molar-refractivity contribution in [1.29, 1.82) is 0 Å². The summed E-state index contributed by atoms with van der Waals surface area (Å²) >= 11 is 0. The molecule has 3 heterocycles. The molecule has 2 N–H and O–H groups in total. The normalized spacial score (nSPS) is 30.0. The van der Waals surface area contributed by atoms with E-state index in [1.807, 2.05) is 41.4 Å². The number of carbonyl (C=O) groups excluding carboxylic acids is 1. The third-order valence-electron chi connectivity index (χ3n) is 9.62. The number of aromatic nitrogens is 2. The first-order chi connectivity index (χ1) is 17.5. The van der Waals surface area contributed by atoms with Crippen LogP contribution in [0.15, 0.2) is 48.7 Å². The summed E-state index contributed by atoms with van der Waals surface area (Å²) in [6.45, 7) is 3.37. The zero-order valence-electron chi connectivity index (χ0n) is 20.6. The zero-order valence-corrected chi connectivity index (χ0v) is 20.6. The average Bonchev–Trinajstić information content (AvgIpc) is 3.63. The van der Waals surface area contributed by atoms with Crippen LogP contribution in [0.3, 0.4) is 0 Å². The van der Waals surface area contributed by atoms with Crippen molar-refractivity contribution in [3.05, 3.63) is 59.8 Å². The van der Waals surface area contributed by atoms with E-state index in [0.717, 1.165) is 48.3 Å². The van der Waals surface area contributed by atoms with Gasteiger partial charge < -0.3 is 15.1 Å². The summed E-state index contributed by atoms with van der Waals surface area (Å²) < 4.78 is 1.78. The standard InChI is InChI=1S/C29H34N4O3/c34-23-8-7-21-15-26-29(36)11-14-31(27(35)19-33-25-4-2-1-3-22(25)17-30-33)12-9-28(29,24(21)16-23)10-13-32(26)18-20-5-6-20/h1-4,7-8,16-17,20,26,34,36H,5-6,9-15,18-19H2. The first-order valence-corrected chi connectivity index (χ1v) is 13.4. The van der Waals surface area contributed by atoms with Gasteiger partial charge >= 0.3 is 0 Å². The molecule has 2 saturated heterocycles. The molecule has 3 aromatic rings. The van der Waals surface area contributed by atoms with Gasteiger partial charge in [-0.1, -0.05) is 24.3 Å². The van der Waals surface area contributed by atoms with Gasteiger partial charge in [-0.3, -0.25) is 14.4 Å². The van der Waals surface area contributed by atoms with Gasteiger partial charge in [0.2, 0.25) is 5.91 Å². The highest BCUT2D eigenvalue weighted by Gasteiger charge is 2.63. The van der Waals surface area contributed by atoms with Gasteiger partial charge in [0.05, 0.1) is 17.3 Å². The number of fused-ring (bicyclic) bond motifs is 2. The number of nitrogens with zero attached hydrogens (tertiary/aromatic N) is 4. The van der Waals surface area contributed by atoms with Crippen molar-refractivity contribution in [2.75, 3.05) is 26.2 Å². The van der Waals surface area contributed by atoms with Crippen LogP contribution in [0.25, 0.3) is 10.9 Å². The van der Waals surface area contributed by atoms with Crippen molar-refractivity contribution in [3.63, 3.8) is 0 Å². The van der Waals surface area contributed by atoms with Crippen LogP contribution in [-0.2, 0) is 23.2 Å². The molecule has 4 aliphatic rings. The number of rotatable bonds is 4. The van der Waals surface area contributed by atoms with Crippen LogP contribution in [0.2, 0.25) is 0 Å². The topological polar surface area (TPSA) is 81.8 Å². The maximum atomic E-state index is 13.5. The van der Waals surface area contributed by atoms with Gasteiger partial charge in [-0.25, -0.2) is 0 Å². The van der Waals surface area contributed by atoms with E-state index >= 15 is 0 Å². The van der Waals surface area contributed by atoms with Gasteiger partial charge in [-0.2, -0.15) is 5.10 Å². The lowest BCUT2D eigenvalue weighted by Gasteiger charge is -2.61. The van der Waals surface area contributed by atoms with Gasteiger partial charge in [0.15, 0.2) is 0 Å². The maximum Gasteiger partial charge on any atom is 0.244 e. The lowest BCUT2D eigenvalue weighted by atomic mass is 9.52. The number of piperidine rings is 1. The average molecular weight is 487 g/mol. The van der Waals surface area contributed by atoms with Crippen LogP contribution < -0.4 is 0 Å². The number of aliphatic hydroxyl groups is 1. The molecule has 3 fully saturated rings. The molecule has 36 heavy (non-hydrogen) atoms. The molecule has 1 aromatic heterocycles. The number of phenols is 1. The Hall–Kier alpha value is -2.90. The molecule has 2 aliphatic heterocycles. The van der Waals surface area contributed by atoms with Crippen LogP contribution in [0.4, 0.5) is 0 Å². The van der Waals surface area contributed by atoms with Gasteiger partial charge in [0, 0.05) is 36.5 Å². The lowest BCUT2D eigenvalue weighted by molar-refractivity contribution is -0.149. The second-order valence-corrected chi connectivity index (χ2v) is 11.5. The van der Waals surface area contributed by atoms with Crippen molar-refractivity contribution >= 4 is 16.8 Å². The van der Waals surface area contributed by atoms with Crippen LogP contribution in [0.5, 0.6) is 5.75 Å². The Labute approximate surface area is 211 Å². The number of hydrogen-bond donors (Lipinski definition) is 2. The summed E-state index contributed by atoms with van der Waals surface area (Å²) in [5.41, 5.74) is 1.93. The van der Waals surface area contributed by atoms with Crippen molar-refractivity contribution in [2.45, 2.75) is 62.1 Å². The van der Waals surface area contributed by atoms with Crippen LogP contribution in [0.1, 0.15) is 43.2 Å². The summed E-state index contributed by atoms with van der Waals surface area (Å²) in [4.78, 5) is 18.0. The number of hydrogen-bond acceptors (Lipinski definition) is 5. The number of carbonyl (C=O) groups is 1. The number of amides is 1. The van der Waals surface area contributed by atoms with Crippen LogP contribution >= 0.6 is 0 Å². The van der Waals surface area contributed by atoms with Gasteiger partial charge in [-0.15, -0.1) is 0 Å². The van der Waals surface area contributed by atoms with Gasteiger partial charge in [0.25, 0.3) is 0 Å². The van der Waals surface area contributed by atoms with E-state index in [0.29, 0.717) is 25.9 Å². The fourth-order valence-corrected chi connectivity index (χ4v) is 7.49. The van der Waals surface area contributed by atoms with Gasteiger partial charge in [-0.05, 0) is 80.3 Å². The molecular formula is C29H34N4O3. The molecule has 188 valence electrons. The highest BCUT2D eigenvalue weighted by atomic mass is 16.3. The Morgan fingerprint density at radius 1 is 1.06 bits per heavy atom. The second kappa shape index (κ2) is 8.05. The third kappa shape index (κ3) is 3.32. The fourth-order valence-electron chi connectivity index (χ4n) is 7.49. The smallest absolute Gasteiger partial charge is 0.244 e. The molecule has 2 aromatic carbocycles. The predicted octanol–water partition coefficient (Wildman–Crippen LogP) is 3.07. The first-order valence-electron chi connectivity index (χ1n) is 13.4. The Kier molecular flexibility index (Phi) is 4.99. The van der Waals surface area contributed by atoms with Crippen LogP contribution in [0, 0.1) is 5.92 Å². The fraction of sp³-hybridized carbons (Fsp3) is 0.517. The summed E-state index contributed by atoms with van der Waals surface area (Å²) in [6.07, 6.45) is 7.31. The summed E-state index contributed by atoms with van der Waals surface area (Å²) in [5.74, 6) is 1.06. The molecule has 7 heteroatoms. The molecule has 7 nitrogen and oxygen atoms in total. The highest BCUT2D eigenvalue weighted by Crippen LogP contribution is 2.56. The molecule has 2 aliphatic carbocycles. The number of para-hydroxylation sites is 1. The van der Waals surface area contributed by atoms with Crippen molar-refractivity contribution in [2.24, 2.45) is 5.92 Å². The summed E-state index contributed by atoms with van der Waals surface area (Å²) in [6, 6.07) is 13.7. The molecule has 2 bridgehead atoms. The Morgan fingerprint density at radius 2 is 1.86 bits per heavy atom. The minimum Gasteiger partial charge on any atom is -0.508 e. The number of aromatic hydroxyl groups is 1. The lowest BCUT2D eigenvalue weighted by Crippen LogP contribution is -2.71. The Morgan fingerprint density at radius 3 is 2.72 bits per heavy atom. The first kappa shape index (κ1) is 22.3. The molecule has 0 radical (unpaired) electrons. The number of phenolic OH excluding ortho intramolecular Hbond substituents is 1. The van der Waals surface area contributed by atoms with E-state index in [1.165, 1.54) is 18.4 Å². The van der Waals surface area contributed by atoms with E-state index in [2.05, 4.69) is 16.1 Å². The van der Waals surface area contributed by atoms with E-state index in [4.69, 9.17) is 0 Å². The molecule has 7 rings (SSSR count). The molecule has 1 amide bonds. The minimum absolute atomic E-state index is 0.0445. The van der Waals surface area contributed by atoms with E-state index in [9.17, 15) is 15.0 Å². The second-order valence-electron chi connectivity index (χ2n) is 11.5. The summed E-state index contributed by atoms with van der Waals surface area (Å²) in [5, 5.41) is 28.5. The van der Waals surface area contributed by atoms with Gasteiger partial charge in [0.1, 0.15) is 12.3 Å². The van der Waals surface area contributed by atoms with E-state index < -0.39 is 11.0 Å². The molecule has 1 saturated carbocycles. The third-order valence-corrected chi connectivity index (χ3v) is 9.62. The Bertz CT molecular complexity index is 1330. The number of likely N-dealkylation sites (tertiary alicyclic amines) is 2. The van der Waals surface area contributed by atoms with Crippen molar-refractivity contribution in [3.8, 4) is 5.75 Å². The molecule has 3 unspecified atom stereocenters. The van der Waals surface area contributed by atoms with Crippen molar-refractivity contribution in [1.82, 2.24) is 19.6 Å². The van der Waals surface area contributed by atoms with E-state index in [1.54, 1.807) is 10.7 Å². The maximum absolute atomic E-state index is 13.5. The Balaban J connectivity index is 1.21. The summed E-state index contributed by atoms with van der Waals surface area (Å²) in [7, 11) is 0. The largest absolute Gasteiger partial charge is 0.508 e. The highest BCUT2D eigenvalue weighted by molar-refractivity contribution is 5.82. The predicted molar refractivity (Wildman–Crippen MR) is 137 cm³/mol. The number of benzene rings is 2.